The van der Waals surface area contributed by atoms with Crippen LogP contribution in [0.3, 0.4) is 0 Å². The minimum atomic E-state index is -1.82. The number of nitrogens with one attached hydrogen (secondary N) is 1. The number of halogens is 2. The molecule has 0 spiro atoms. The van der Waals surface area contributed by atoms with E-state index in [9.17, 15) is 0 Å². The topological polar surface area (TPSA) is 116 Å². The average molecular weight is 399 g/mol. The number of aliphatic hydroxyl groups excluding tert-OH is 1. The summed E-state index contributed by atoms with van der Waals surface area (Å²) in [6, 6.07) is 5.54. The van der Waals surface area contributed by atoms with Gasteiger partial charge in [0.05, 0.1) is 18.2 Å². The minimum Gasteiger partial charge on any atom is -0.492 e. The van der Waals surface area contributed by atoms with Gasteiger partial charge in [0.1, 0.15) is 5.75 Å². The third kappa shape index (κ3) is 10.4. The highest BCUT2D eigenvalue weighted by Crippen LogP contribution is 2.27. The average Bonchev–Trinajstić information content (AvgIpc) is 2.45. The molecule has 4 N–H and O–H groups in total. The number of hydrogen-bond donors (Lipinski definition) is 4. The van der Waals surface area contributed by atoms with E-state index in [1.807, 2.05) is 12.1 Å². The standard InChI is InChI=1S/C11H15BrClNO2.C2H2O4/c12-9-2-3-11(10(13)8-9)16-7-1-4-14-5-6-15;3-1(4)2(5)6/h2-3,8,14-15H,1,4-7H2;(H,3,4)(H,5,6). The van der Waals surface area contributed by atoms with Crippen LogP contribution in [0.25, 0.3) is 0 Å². The number of aliphatic carboxylic acids is 2. The smallest absolute Gasteiger partial charge is 0.414 e. The largest absolute Gasteiger partial charge is 0.492 e. The lowest BCUT2D eigenvalue weighted by Crippen LogP contribution is -2.20. The molecule has 0 radical (unpaired) electrons. The van der Waals surface area contributed by atoms with Crippen molar-refractivity contribution in [2.45, 2.75) is 6.42 Å². The first-order chi connectivity index (χ1) is 10.4. The molecular formula is C13H17BrClNO6. The van der Waals surface area contributed by atoms with E-state index in [2.05, 4.69) is 21.2 Å². The second-order valence-corrected chi connectivity index (χ2v) is 5.18. The van der Waals surface area contributed by atoms with Gasteiger partial charge in [-0.1, -0.05) is 27.5 Å². The molecule has 0 amide bonds. The molecule has 0 bridgehead atoms. The predicted molar refractivity (Wildman–Crippen MR) is 84.5 cm³/mol. The molecule has 7 nitrogen and oxygen atoms in total. The van der Waals surface area contributed by atoms with E-state index >= 15 is 0 Å². The number of benzene rings is 1. The Hall–Kier alpha value is -1.35. The molecule has 0 saturated carbocycles. The predicted octanol–water partition coefficient (Wildman–Crippen LogP) is 1.61. The number of rotatable bonds is 7. The fourth-order valence-electron chi connectivity index (χ4n) is 1.18. The van der Waals surface area contributed by atoms with E-state index < -0.39 is 11.9 Å². The van der Waals surface area contributed by atoms with Crippen LogP contribution < -0.4 is 10.1 Å². The van der Waals surface area contributed by atoms with E-state index in [4.69, 9.17) is 41.2 Å². The Morgan fingerprint density at radius 1 is 1.23 bits per heavy atom. The summed E-state index contributed by atoms with van der Waals surface area (Å²) in [4.78, 5) is 18.2. The molecule has 0 aliphatic carbocycles. The van der Waals surface area contributed by atoms with Crippen LogP contribution in [-0.4, -0.2) is 53.6 Å². The molecule has 1 aromatic rings. The molecule has 0 unspecified atom stereocenters. The van der Waals surface area contributed by atoms with Crippen molar-refractivity contribution in [3.8, 4) is 5.75 Å². The maximum absolute atomic E-state index is 9.10. The molecule has 0 fully saturated rings. The van der Waals surface area contributed by atoms with Gasteiger partial charge in [0.15, 0.2) is 0 Å². The maximum atomic E-state index is 9.10. The Morgan fingerprint density at radius 3 is 2.36 bits per heavy atom. The lowest BCUT2D eigenvalue weighted by Gasteiger charge is -2.08. The summed E-state index contributed by atoms with van der Waals surface area (Å²) in [5.74, 6) is -2.95. The van der Waals surface area contributed by atoms with Crippen molar-refractivity contribution in [3.63, 3.8) is 0 Å². The molecule has 9 heteroatoms. The Morgan fingerprint density at radius 2 is 1.86 bits per heavy atom. The first-order valence-corrected chi connectivity index (χ1v) is 7.41. The second kappa shape index (κ2) is 12.2. The summed E-state index contributed by atoms with van der Waals surface area (Å²) >= 11 is 9.32. The van der Waals surface area contributed by atoms with Crippen LogP contribution in [-0.2, 0) is 9.59 Å². The molecule has 1 rings (SSSR count). The summed E-state index contributed by atoms with van der Waals surface area (Å²) in [5.41, 5.74) is 0. The first-order valence-electron chi connectivity index (χ1n) is 6.24. The van der Waals surface area contributed by atoms with E-state index in [1.165, 1.54) is 0 Å². The lowest BCUT2D eigenvalue weighted by atomic mass is 10.3. The molecule has 124 valence electrons. The molecule has 22 heavy (non-hydrogen) atoms. The number of hydrogen-bond acceptors (Lipinski definition) is 5. The van der Waals surface area contributed by atoms with Gasteiger partial charge in [-0.3, -0.25) is 0 Å². The van der Waals surface area contributed by atoms with Gasteiger partial charge in [0.25, 0.3) is 0 Å². The zero-order chi connectivity index (χ0) is 17.0. The van der Waals surface area contributed by atoms with Gasteiger partial charge in [0.2, 0.25) is 0 Å². The molecule has 1 aromatic carbocycles. The van der Waals surface area contributed by atoms with Crippen LogP contribution in [0.1, 0.15) is 6.42 Å². The maximum Gasteiger partial charge on any atom is 0.414 e. The molecular weight excluding hydrogens is 382 g/mol. The van der Waals surface area contributed by atoms with Crippen molar-refractivity contribution in [1.82, 2.24) is 5.32 Å². The summed E-state index contributed by atoms with van der Waals surface area (Å²) in [5, 5.41) is 27.0. The van der Waals surface area contributed by atoms with Gasteiger partial charge >= 0.3 is 11.9 Å². The number of carbonyl (C=O) groups is 2. The summed E-state index contributed by atoms with van der Waals surface area (Å²) in [7, 11) is 0. The zero-order valence-electron chi connectivity index (χ0n) is 11.6. The van der Waals surface area contributed by atoms with Gasteiger partial charge < -0.3 is 25.4 Å². The SMILES string of the molecule is O=C(O)C(=O)O.OCCNCCCOc1ccc(Br)cc1Cl. The zero-order valence-corrected chi connectivity index (χ0v) is 13.9. The van der Waals surface area contributed by atoms with Crippen LogP contribution >= 0.6 is 27.5 Å². The molecule has 0 atom stereocenters. The highest BCUT2D eigenvalue weighted by Gasteiger charge is 2.04. The Bertz CT molecular complexity index is 474. The van der Waals surface area contributed by atoms with Gasteiger partial charge in [0, 0.05) is 11.0 Å². The van der Waals surface area contributed by atoms with E-state index in [0.29, 0.717) is 23.9 Å². The number of aliphatic hydroxyl groups is 1. The summed E-state index contributed by atoms with van der Waals surface area (Å²) < 4.78 is 6.46. The van der Waals surface area contributed by atoms with E-state index in [1.54, 1.807) is 6.07 Å². The minimum absolute atomic E-state index is 0.166. The molecule has 0 aliphatic heterocycles. The Labute approximate surface area is 141 Å². The highest BCUT2D eigenvalue weighted by molar-refractivity contribution is 9.10. The highest BCUT2D eigenvalue weighted by atomic mass is 79.9. The van der Waals surface area contributed by atoms with Gasteiger partial charge in [-0.25, -0.2) is 9.59 Å². The molecule has 0 aliphatic rings. The van der Waals surface area contributed by atoms with Gasteiger partial charge in [-0.15, -0.1) is 0 Å². The van der Waals surface area contributed by atoms with Crippen molar-refractivity contribution < 1.29 is 29.6 Å². The normalized spacial score (nSPS) is 9.59. The van der Waals surface area contributed by atoms with Crippen molar-refractivity contribution >= 4 is 39.5 Å². The number of ether oxygens (including phenoxy) is 1. The summed E-state index contributed by atoms with van der Waals surface area (Å²) in [6.07, 6.45) is 0.881. The van der Waals surface area contributed by atoms with Crippen molar-refractivity contribution in [2.75, 3.05) is 26.3 Å². The van der Waals surface area contributed by atoms with Crippen LogP contribution in [0.5, 0.6) is 5.75 Å². The Balaban J connectivity index is 0.000000626. The van der Waals surface area contributed by atoms with Crippen molar-refractivity contribution in [1.29, 1.82) is 0 Å². The van der Waals surface area contributed by atoms with E-state index in [-0.39, 0.29) is 6.61 Å². The summed E-state index contributed by atoms with van der Waals surface area (Å²) in [6.45, 7) is 2.23. The van der Waals surface area contributed by atoms with Crippen molar-refractivity contribution in [3.05, 3.63) is 27.7 Å². The third-order valence-corrected chi connectivity index (χ3v) is 2.91. The van der Waals surface area contributed by atoms with Crippen LogP contribution in [0.15, 0.2) is 22.7 Å². The second-order valence-electron chi connectivity index (χ2n) is 3.86. The fraction of sp³-hybridized carbons (Fsp3) is 0.385. The Kier molecular flexibility index (Phi) is 11.5. The van der Waals surface area contributed by atoms with Crippen LogP contribution in [0.4, 0.5) is 0 Å². The molecule has 0 aromatic heterocycles. The third-order valence-electron chi connectivity index (χ3n) is 2.12. The van der Waals surface area contributed by atoms with Gasteiger partial charge in [-0.2, -0.15) is 0 Å². The quantitative estimate of drug-likeness (QED) is 0.407. The molecule has 0 saturated heterocycles. The van der Waals surface area contributed by atoms with Gasteiger partial charge in [-0.05, 0) is 31.2 Å². The monoisotopic (exact) mass is 397 g/mol. The molecule has 0 heterocycles. The van der Waals surface area contributed by atoms with E-state index in [0.717, 1.165) is 17.4 Å². The van der Waals surface area contributed by atoms with Crippen LogP contribution in [0, 0.1) is 0 Å². The fourth-order valence-corrected chi connectivity index (χ4v) is 1.90. The first kappa shape index (κ1) is 20.6. The number of carboxylic acids is 2. The van der Waals surface area contributed by atoms with Crippen LogP contribution in [0.2, 0.25) is 5.02 Å². The number of carboxylic acid groups (broad SMARTS) is 2. The van der Waals surface area contributed by atoms with Crippen molar-refractivity contribution in [2.24, 2.45) is 0 Å². The lowest BCUT2D eigenvalue weighted by molar-refractivity contribution is -0.159.